The van der Waals surface area contributed by atoms with Crippen molar-refractivity contribution in [1.82, 2.24) is 10.2 Å². The number of rotatable bonds is 5. The molecule has 0 bridgehead atoms. The van der Waals surface area contributed by atoms with Crippen molar-refractivity contribution in [3.63, 3.8) is 0 Å². The summed E-state index contributed by atoms with van der Waals surface area (Å²) >= 11 is 0. The first-order chi connectivity index (χ1) is 11.2. The van der Waals surface area contributed by atoms with E-state index in [-0.39, 0.29) is 6.54 Å². The molecule has 1 heterocycles. The molecule has 1 unspecified atom stereocenters. The van der Waals surface area contributed by atoms with E-state index in [1.807, 2.05) is 18.2 Å². The number of aliphatic carboxylic acids is 1. The molecule has 2 atom stereocenters. The first-order valence-corrected chi connectivity index (χ1v) is 8.24. The van der Waals surface area contributed by atoms with Crippen LogP contribution < -0.4 is 5.32 Å². The summed E-state index contributed by atoms with van der Waals surface area (Å²) in [7, 11) is 0. The average molecular weight is 334 g/mol. The van der Waals surface area contributed by atoms with Crippen molar-refractivity contribution < 1.29 is 19.4 Å². The molecule has 1 aliphatic rings. The first-order valence-electron chi connectivity index (χ1n) is 8.24. The van der Waals surface area contributed by atoms with E-state index in [1.54, 1.807) is 20.8 Å². The molecular weight excluding hydrogens is 308 g/mol. The molecule has 0 aromatic heterocycles. The normalized spacial score (nSPS) is 19.7. The van der Waals surface area contributed by atoms with Crippen molar-refractivity contribution in [2.45, 2.75) is 44.8 Å². The quantitative estimate of drug-likeness (QED) is 0.865. The van der Waals surface area contributed by atoms with Gasteiger partial charge in [-0.15, -0.1) is 0 Å². The van der Waals surface area contributed by atoms with Crippen molar-refractivity contribution >= 4 is 12.1 Å². The molecule has 2 rings (SSSR count). The van der Waals surface area contributed by atoms with Crippen LogP contribution in [0.3, 0.4) is 0 Å². The minimum atomic E-state index is -1.05. The second-order valence-corrected chi connectivity index (χ2v) is 7.19. The molecule has 0 radical (unpaired) electrons. The number of nitrogens with zero attached hydrogens (tertiary/aromatic N) is 1. The summed E-state index contributed by atoms with van der Waals surface area (Å²) in [6, 6.07) is 9.24. The van der Waals surface area contributed by atoms with E-state index in [0.29, 0.717) is 5.92 Å². The number of carboxylic acid groups (broad SMARTS) is 1. The minimum absolute atomic E-state index is 0.276. The largest absolute Gasteiger partial charge is 0.480 e. The maximum absolute atomic E-state index is 11.8. The van der Waals surface area contributed by atoms with Crippen LogP contribution in [0.5, 0.6) is 0 Å². The van der Waals surface area contributed by atoms with E-state index >= 15 is 0 Å². The fourth-order valence-corrected chi connectivity index (χ4v) is 2.89. The predicted molar refractivity (Wildman–Crippen MR) is 91.0 cm³/mol. The van der Waals surface area contributed by atoms with Crippen LogP contribution in [-0.2, 0) is 9.53 Å². The maximum atomic E-state index is 11.8. The number of ether oxygens (including phenoxy) is 1. The number of amides is 1. The number of alkyl carbamates (subject to hydrolysis) is 1. The number of hydrogen-bond acceptors (Lipinski definition) is 4. The van der Waals surface area contributed by atoms with Crippen LogP contribution in [-0.4, -0.2) is 53.3 Å². The Labute approximate surface area is 142 Å². The lowest BCUT2D eigenvalue weighted by Crippen LogP contribution is -2.49. The Hall–Kier alpha value is -2.08. The highest BCUT2D eigenvalue weighted by Gasteiger charge is 2.30. The number of hydrogen-bond donors (Lipinski definition) is 2. The van der Waals surface area contributed by atoms with Gasteiger partial charge in [0.2, 0.25) is 0 Å². The number of carbonyl (C=O) groups excluding carboxylic acids is 1. The zero-order valence-corrected chi connectivity index (χ0v) is 14.5. The SMILES string of the molecule is CC(C)(C)OC(=O)N[C@@H](CN1CCC(c2ccccc2)C1)C(=O)O. The highest BCUT2D eigenvalue weighted by atomic mass is 16.6. The third-order valence-corrected chi connectivity index (χ3v) is 3.97. The van der Waals surface area contributed by atoms with Crippen LogP contribution in [0, 0.1) is 0 Å². The van der Waals surface area contributed by atoms with Crippen molar-refractivity contribution in [2.75, 3.05) is 19.6 Å². The van der Waals surface area contributed by atoms with Gasteiger partial charge in [-0.2, -0.15) is 0 Å². The number of likely N-dealkylation sites (tertiary alicyclic amines) is 1. The molecule has 6 heteroatoms. The Balaban J connectivity index is 1.90. The molecule has 0 aliphatic carbocycles. The van der Waals surface area contributed by atoms with Gasteiger partial charge in [-0.1, -0.05) is 30.3 Å². The molecule has 0 saturated carbocycles. The van der Waals surface area contributed by atoms with Gasteiger partial charge in [-0.05, 0) is 45.2 Å². The van der Waals surface area contributed by atoms with Crippen molar-refractivity contribution in [3.05, 3.63) is 35.9 Å². The summed E-state index contributed by atoms with van der Waals surface area (Å²) in [4.78, 5) is 25.3. The Kier molecular flexibility index (Phi) is 5.83. The van der Waals surface area contributed by atoms with E-state index in [0.717, 1.165) is 19.5 Å². The molecule has 6 nitrogen and oxygen atoms in total. The second-order valence-electron chi connectivity index (χ2n) is 7.19. The molecule has 24 heavy (non-hydrogen) atoms. The molecule has 132 valence electrons. The molecule has 1 fully saturated rings. The zero-order valence-electron chi connectivity index (χ0n) is 14.5. The Bertz CT molecular complexity index is 568. The predicted octanol–water partition coefficient (Wildman–Crippen LogP) is 2.45. The topological polar surface area (TPSA) is 78.9 Å². The number of carboxylic acids is 1. The van der Waals surface area contributed by atoms with Gasteiger partial charge in [0.1, 0.15) is 11.6 Å². The summed E-state index contributed by atoms with van der Waals surface area (Å²) in [5, 5.41) is 11.8. The minimum Gasteiger partial charge on any atom is -0.480 e. The summed E-state index contributed by atoms with van der Waals surface area (Å²) in [6.07, 6.45) is 0.289. The smallest absolute Gasteiger partial charge is 0.408 e. The highest BCUT2D eigenvalue weighted by molar-refractivity contribution is 5.80. The lowest BCUT2D eigenvalue weighted by Gasteiger charge is -2.24. The molecule has 1 aromatic carbocycles. The lowest BCUT2D eigenvalue weighted by molar-refractivity contribution is -0.139. The highest BCUT2D eigenvalue weighted by Crippen LogP contribution is 2.26. The third kappa shape index (κ3) is 5.53. The van der Waals surface area contributed by atoms with Crippen molar-refractivity contribution in [2.24, 2.45) is 0 Å². The standard InChI is InChI=1S/C18H26N2O4/c1-18(2,3)24-17(23)19-15(16(21)22)12-20-10-9-14(11-20)13-7-5-4-6-8-13/h4-8,14-15H,9-12H2,1-3H3,(H,19,23)(H,21,22)/t14?,15-/m0/s1. The zero-order chi connectivity index (χ0) is 17.7. The van der Waals surface area contributed by atoms with Crippen LogP contribution in [0.2, 0.25) is 0 Å². The van der Waals surface area contributed by atoms with Gasteiger partial charge in [0, 0.05) is 13.1 Å². The number of benzene rings is 1. The number of nitrogens with one attached hydrogen (secondary N) is 1. The summed E-state index contributed by atoms with van der Waals surface area (Å²) in [5.41, 5.74) is 0.617. The monoisotopic (exact) mass is 334 g/mol. The van der Waals surface area contributed by atoms with Crippen molar-refractivity contribution in [3.8, 4) is 0 Å². The fourth-order valence-electron chi connectivity index (χ4n) is 2.89. The maximum Gasteiger partial charge on any atom is 0.408 e. The van der Waals surface area contributed by atoms with Crippen LogP contribution in [0.15, 0.2) is 30.3 Å². The molecular formula is C18H26N2O4. The van der Waals surface area contributed by atoms with Crippen molar-refractivity contribution in [1.29, 1.82) is 0 Å². The molecule has 0 spiro atoms. The van der Waals surface area contributed by atoms with Crippen LogP contribution >= 0.6 is 0 Å². The number of carbonyl (C=O) groups is 2. The average Bonchev–Trinajstić information content (AvgIpc) is 2.94. The van der Waals surface area contributed by atoms with Gasteiger partial charge in [0.25, 0.3) is 0 Å². The van der Waals surface area contributed by atoms with E-state index < -0.39 is 23.7 Å². The Morgan fingerprint density at radius 3 is 2.58 bits per heavy atom. The van der Waals surface area contributed by atoms with Gasteiger partial charge >= 0.3 is 12.1 Å². The molecule has 1 amide bonds. The summed E-state index contributed by atoms with van der Waals surface area (Å²) in [6.45, 7) is 7.12. The first kappa shape index (κ1) is 18.3. The molecule has 1 saturated heterocycles. The fraction of sp³-hybridized carbons (Fsp3) is 0.556. The van der Waals surface area contributed by atoms with Crippen LogP contribution in [0.4, 0.5) is 4.79 Å². The van der Waals surface area contributed by atoms with Gasteiger partial charge < -0.3 is 20.1 Å². The van der Waals surface area contributed by atoms with E-state index in [9.17, 15) is 14.7 Å². The second kappa shape index (κ2) is 7.66. The summed E-state index contributed by atoms with van der Waals surface area (Å²) in [5.74, 6) is -0.647. The molecule has 2 N–H and O–H groups in total. The Morgan fingerprint density at radius 1 is 1.33 bits per heavy atom. The van der Waals surface area contributed by atoms with Gasteiger partial charge in [-0.25, -0.2) is 9.59 Å². The van der Waals surface area contributed by atoms with Crippen LogP contribution in [0.1, 0.15) is 38.7 Å². The lowest BCUT2D eigenvalue weighted by atomic mass is 9.99. The van der Waals surface area contributed by atoms with Gasteiger partial charge in [-0.3, -0.25) is 0 Å². The third-order valence-electron chi connectivity index (χ3n) is 3.97. The molecule has 1 aromatic rings. The van der Waals surface area contributed by atoms with E-state index in [2.05, 4.69) is 22.3 Å². The van der Waals surface area contributed by atoms with Gasteiger partial charge in [0.05, 0.1) is 0 Å². The molecule has 1 aliphatic heterocycles. The van der Waals surface area contributed by atoms with E-state index in [1.165, 1.54) is 5.56 Å². The van der Waals surface area contributed by atoms with Crippen LogP contribution in [0.25, 0.3) is 0 Å². The van der Waals surface area contributed by atoms with Gasteiger partial charge in [0.15, 0.2) is 0 Å². The summed E-state index contributed by atoms with van der Waals surface area (Å²) < 4.78 is 5.14. The van der Waals surface area contributed by atoms with E-state index in [4.69, 9.17) is 4.74 Å². The Morgan fingerprint density at radius 2 is 2.00 bits per heavy atom.